The third kappa shape index (κ3) is 5.09. The predicted molar refractivity (Wildman–Crippen MR) is 96.5 cm³/mol. The molecule has 5 heteroatoms. The van der Waals surface area contributed by atoms with Gasteiger partial charge in [-0.15, -0.1) is 0 Å². The highest BCUT2D eigenvalue weighted by molar-refractivity contribution is 5.66. The zero-order valence-electron chi connectivity index (χ0n) is 16.0. The smallest absolute Gasteiger partial charge is 0.407 e. The van der Waals surface area contributed by atoms with Crippen LogP contribution in [0.15, 0.2) is 0 Å². The van der Waals surface area contributed by atoms with Gasteiger partial charge in [0.25, 0.3) is 0 Å². The summed E-state index contributed by atoms with van der Waals surface area (Å²) in [6.45, 7) is 11.1. The Labute approximate surface area is 147 Å². The Balaban J connectivity index is 1.80. The van der Waals surface area contributed by atoms with Crippen molar-refractivity contribution in [2.45, 2.75) is 96.4 Å². The van der Waals surface area contributed by atoms with Gasteiger partial charge in [0.2, 0.25) is 0 Å². The van der Waals surface area contributed by atoms with Crippen LogP contribution in [0, 0.1) is 0 Å². The molecule has 1 saturated heterocycles. The van der Waals surface area contributed by atoms with E-state index in [1.54, 1.807) is 4.90 Å². The summed E-state index contributed by atoms with van der Waals surface area (Å²) in [5, 5.41) is 9.57. The number of amides is 1. The second-order valence-electron chi connectivity index (χ2n) is 8.39. The van der Waals surface area contributed by atoms with Gasteiger partial charge >= 0.3 is 6.09 Å². The molecule has 1 N–H and O–H groups in total. The van der Waals surface area contributed by atoms with E-state index in [2.05, 4.69) is 11.8 Å². The molecule has 1 saturated carbocycles. The van der Waals surface area contributed by atoms with Crippen LogP contribution in [-0.4, -0.2) is 64.4 Å². The summed E-state index contributed by atoms with van der Waals surface area (Å²) in [6.07, 6.45) is 7.48. The molecule has 0 bridgehead atoms. The topological polar surface area (TPSA) is 53.0 Å². The molecule has 0 aromatic carbocycles. The van der Waals surface area contributed by atoms with Crippen molar-refractivity contribution < 1.29 is 14.6 Å². The van der Waals surface area contributed by atoms with Crippen molar-refractivity contribution in [2.24, 2.45) is 0 Å². The fourth-order valence-electron chi connectivity index (χ4n) is 4.36. The molecule has 0 aromatic rings. The van der Waals surface area contributed by atoms with E-state index >= 15 is 0 Å². The van der Waals surface area contributed by atoms with E-state index in [4.69, 9.17) is 4.74 Å². The monoisotopic (exact) mass is 340 g/mol. The van der Waals surface area contributed by atoms with Crippen LogP contribution in [-0.2, 0) is 4.74 Å². The standard InChI is InChI=1S/C19H36N2O3/c1-5-14-24-17-8-6-15(7-9-17)20-12-10-16(11-13-20)21(18(22)23)19(2,3)4/h15-17H,5-14H2,1-4H3,(H,22,23)/t15-,17-. The highest BCUT2D eigenvalue weighted by atomic mass is 16.5. The fourth-order valence-corrected chi connectivity index (χ4v) is 4.36. The first-order valence-electron chi connectivity index (χ1n) is 9.70. The summed E-state index contributed by atoms with van der Waals surface area (Å²) in [5.41, 5.74) is -0.326. The summed E-state index contributed by atoms with van der Waals surface area (Å²) in [5.74, 6) is 0. The van der Waals surface area contributed by atoms with Gasteiger partial charge in [-0.25, -0.2) is 4.79 Å². The number of ether oxygens (including phenoxy) is 1. The summed E-state index contributed by atoms with van der Waals surface area (Å²) < 4.78 is 5.89. The molecule has 0 aromatic heterocycles. The van der Waals surface area contributed by atoms with Crippen LogP contribution in [0.1, 0.15) is 72.6 Å². The average molecular weight is 341 g/mol. The van der Waals surface area contributed by atoms with Crippen LogP contribution >= 0.6 is 0 Å². The van der Waals surface area contributed by atoms with Crippen molar-refractivity contribution in [1.82, 2.24) is 9.80 Å². The number of nitrogens with zero attached hydrogens (tertiary/aromatic N) is 2. The first kappa shape index (κ1) is 19.5. The quantitative estimate of drug-likeness (QED) is 0.823. The van der Waals surface area contributed by atoms with E-state index in [-0.39, 0.29) is 11.6 Å². The van der Waals surface area contributed by atoms with Gasteiger partial charge in [-0.3, -0.25) is 0 Å². The number of hydrogen-bond acceptors (Lipinski definition) is 3. The van der Waals surface area contributed by atoms with Gasteiger partial charge in [-0.2, -0.15) is 0 Å². The molecule has 1 heterocycles. The molecule has 2 fully saturated rings. The fraction of sp³-hybridized carbons (Fsp3) is 0.947. The van der Waals surface area contributed by atoms with Gasteiger partial charge in [0.05, 0.1) is 6.10 Å². The Morgan fingerprint density at radius 3 is 2.17 bits per heavy atom. The van der Waals surface area contributed by atoms with Crippen LogP contribution in [0.25, 0.3) is 0 Å². The minimum absolute atomic E-state index is 0.156. The molecule has 140 valence electrons. The Morgan fingerprint density at radius 2 is 1.71 bits per heavy atom. The van der Waals surface area contributed by atoms with Gasteiger partial charge in [0.1, 0.15) is 0 Å². The number of hydrogen-bond donors (Lipinski definition) is 1. The van der Waals surface area contributed by atoms with Gasteiger partial charge in [0, 0.05) is 37.3 Å². The van der Waals surface area contributed by atoms with E-state index in [1.165, 1.54) is 25.7 Å². The van der Waals surface area contributed by atoms with Gasteiger partial charge in [-0.1, -0.05) is 6.92 Å². The number of rotatable bonds is 5. The molecular formula is C19H36N2O3. The Kier molecular flexibility index (Phi) is 6.93. The predicted octanol–water partition coefficient (Wildman–Crippen LogP) is 3.97. The molecule has 2 rings (SSSR count). The van der Waals surface area contributed by atoms with Crippen molar-refractivity contribution in [2.75, 3.05) is 19.7 Å². The zero-order chi connectivity index (χ0) is 17.7. The lowest BCUT2D eigenvalue weighted by Gasteiger charge is -2.46. The first-order chi connectivity index (χ1) is 11.3. The van der Waals surface area contributed by atoms with Crippen LogP contribution in [0.2, 0.25) is 0 Å². The number of piperidine rings is 1. The van der Waals surface area contributed by atoms with Crippen molar-refractivity contribution in [3.63, 3.8) is 0 Å². The van der Waals surface area contributed by atoms with Crippen LogP contribution in [0.3, 0.4) is 0 Å². The highest BCUT2D eigenvalue weighted by Crippen LogP contribution is 2.30. The molecule has 0 radical (unpaired) electrons. The van der Waals surface area contributed by atoms with Gasteiger partial charge in [-0.05, 0) is 65.7 Å². The van der Waals surface area contributed by atoms with Crippen molar-refractivity contribution in [3.05, 3.63) is 0 Å². The average Bonchev–Trinajstić information content (AvgIpc) is 2.52. The molecule has 0 unspecified atom stereocenters. The molecule has 2 aliphatic rings. The molecule has 1 amide bonds. The number of carbonyl (C=O) groups is 1. The SMILES string of the molecule is CCCO[C@H]1CC[C@H](N2CCC(N(C(=O)O)C(C)(C)C)CC2)CC1. The van der Waals surface area contributed by atoms with Crippen molar-refractivity contribution in [3.8, 4) is 0 Å². The van der Waals surface area contributed by atoms with E-state index in [1.807, 2.05) is 20.8 Å². The maximum atomic E-state index is 11.6. The van der Waals surface area contributed by atoms with E-state index in [0.29, 0.717) is 12.1 Å². The molecule has 5 nitrogen and oxygen atoms in total. The Hall–Kier alpha value is -0.810. The maximum Gasteiger partial charge on any atom is 0.407 e. The largest absolute Gasteiger partial charge is 0.465 e. The normalized spacial score (nSPS) is 27.2. The lowest BCUT2D eigenvalue weighted by Crippen LogP contribution is -2.56. The minimum Gasteiger partial charge on any atom is -0.465 e. The lowest BCUT2D eigenvalue weighted by molar-refractivity contribution is -0.00612. The molecule has 1 aliphatic carbocycles. The summed E-state index contributed by atoms with van der Waals surface area (Å²) in [6, 6.07) is 0.823. The second kappa shape index (κ2) is 8.52. The molecule has 0 spiro atoms. The number of carboxylic acid groups (broad SMARTS) is 1. The molecule has 1 aliphatic heterocycles. The van der Waals surface area contributed by atoms with E-state index in [0.717, 1.165) is 39.0 Å². The van der Waals surface area contributed by atoms with Crippen LogP contribution < -0.4 is 0 Å². The molecule has 24 heavy (non-hydrogen) atoms. The van der Waals surface area contributed by atoms with E-state index < -0.39 is 6.09 Å². The highest BCUT2D eigenvalue weighted by Gasteiger charge is 2.36. The number of likely N-dealkylation sites (tertiary alicyclic amines) is 1. The van der Waals surface area contributed by atoms with Gasteiger partial charge in [0.15, 0.2) is 0 Å². The lowest BCUT2D eigenvalue weighted by atomic mass is 9.89. The van der Waals surface area contributed by atoms with E-state index in [9.17, 15) is 9.90 Å². The van der Waals surface area contributed by atoms with Gasteiger partial charge < -0.3 is 19.6 Å². The van der Waals surface area contributed by atoms with Crippen molar-refractivity contribution >= 4 is 6.09 Å². The van der Waals surface area contributed by atoms with Crippen molar-refractivity contribution in [1.29, 1.82) is 0 Å². The summed E-state index contributed by atoms with van der Waals surface area (Å²) in [7, 11) is 0. The first-order valence-corrected chi connectivity index (χ1v) is 9.70. The summed E-state index contributed by atoms with van der Waals surface area (Å²) >= 11 is 0. The molecule has 0 atom stereocenters. The Bertz CT molecular complexity index is 392. The minimum atomic E-state index is -0.783. The van der Waals surface area contributed by atoms with Crippen LogP contribution in [0.5, 0.6) is 0 Å². The van der Waals surface area contributed by atoms with Crippen LogP contribution in [0.4, 0.5) is 4.79 Å². The second-order valence-corrected chi connectivity index (χ2v) is 8.39. The Morgan fingerprint density at radius 1 is 1.12 bits per heavy atom. The summed E-state index contributed by atoms with van der Waals surface area (Å²) in [4.78, 5) is 15.9. The third-order valence-corrected chi connectivity index (χ3v) is 5.51. The zero-order valence-corrected chi connectivity index (χ0v) is 16.0. The third-order valence-electron chi connectivity index (χ3n) is 5.51. The maximum absolute atomic E-state index is 11.6. The molecular weight excluding hydrogens is 304 g/mol.